The highest BCUT2D eigenvalue weighted by atomic mass is 16.6. The molecule has 2 aromatic rings. The highest BCUT2D eigenvalue weighted by Gasteiger charge is 2.30. The summed E-state index contributed by atoms with van der Waals surface area (Å²) in [6.45, 7) is 3.86. The number of aryl methyl sites for hydroxylation is 1. The Hall–Kier alpha value is -3.10. The molecule has 2 saturated carbocycles. The molecule has 1 amide bonds. The maximum atomic E-state index is 12.5. The average molecular weight is 499 g/mol. The summed E-state index contributed by atoms with van der Waals surface area (Å²) in [5.74, 6) is 0.401. The van der Waals surface area contributed by atoms with Gasteiger partial charge in [-0.2, -0.15) is 0 Å². The van der Waals surface area contributed by atoms with Gasteiger partial charge >= 0.3 is 12.1 Å². The lowest BCUT2D eigenvalue weighted by Gasteiger charge is -2.28. The molecule has 196 valence electrons. The van der Waals surface area contributed by atoms with Crippen molar-refractivity contribution in [3.05, 3.63) is 30.4 Å². The second-order valence-electron chi connectivity index (χ2n) is 10.2. The van der Waals surface area contributed by atoms with Crippen molar-refractivity contribution in [2.45, 2.75) is 90.1 Å². The second kappa shape index (κ2) is 11.8. The van der Waals surface area contributed by atoms with Crippen LogP contribution >= 0.6 is 0 Å². The zero-order chi connectivity index (χ0) is 25.7. The van der Waals surface area contributed by atoms with Gasteiger partial charge in [-0.1, -0.05) is 12.8 Å². The Bertz CT molecular complexity index is 1030. The fourth-order valence-electron chi connectivity index (χ4n) is 5.09. The van der Waals surface area contributed by atoms with Crippen molar-refractivity contribution >= 4 is 12.1 Å². The summed E-state index contributed by atoms with van der Waals surface area (Å²) in [6, 6.07) is 4.00. The van der Waals surface area contributed by atoms with Crippen LogP contribution in [0, 0.1) is 5.92 Å². The summed E-state index contributed by atoms with van der Waals surface area (Å²) < 4.78 is 19.0. The molecule has 0 radical (unpaired) electrons. The minimum absolute atomic E-state index is 0.0437. The molecule has 0 saturated heterocycles. The Morgan fingerprint density at radius 1 is 1.11 bits per heavy atom. The molecule has 2 heterocycles. The molecule has 2 aliphatic carbocycles. The lowest BCUT2D eigenvalue weighted by Crippen LogP contribution is -2.35. The molecule has 2 fully saturated rings. The van der Waals surface area contributed by atoms with E-state index >= 15 is 0 Å². The monoisotopic (exact) mass is 498 g/mol. The van der Waals surface area contributed by atoms with Crippen LogP contribution in [0.25, 0.3) is 11.4 Å². The number of rotatable bonds is 8. The summed E-state index contributed by atoms with van der Waals surface area (Å²) in [4.78, 5) is 35.6. The maximum Gasteiger partial charge on any atom is 0.410 e. The molecule has 0 spiro atoms. The summed E-state index contributed by atoms with van der Waals surface area (Å²) in [7, 11) is 3.69. The topological polar surface area (TPSA) is 95.8 Å². The van der Waals surface area contributed by atoms with E-state index < -0.39 is 0 Å². The van der Waals surface area contributed by atoms with Crippen molar-refractivity contribution < 1.29 is 23.8 Å². The summed E-state index contributed by atoms with van der Waals surface area (Å²) in [6.07, 6.45) is 10.6. The lowest BCUT2D eigenvalue weighted by molar-refractivity contribution is -0.154. The van der Waals surface area contributed by atoms with Crippen molar-refractivity contribution in [1.29, 1.82) is 0 Å². The third-order valence-electron chi connectivity index (χ3n) is 7.14. The van der Waals surface area contributed by atoms with E-state index in [4.69, 9.17) is 14.2 Å². The van der Waals surface area contributed by atoms with Crippen molar-refractivity contribution in [2.75, 3.05) is 7.05 Å². The fraction of sp³-hybridized carbons (Fsp3) is 0.630. The number of amides is 1. The Balaban J connectivity index is 1.35. The van der Waals surface area contributed by atoms with E-state index in [2.05, 4.69) is 9.97 Å². The molecular formula is C27H38N4O5. The molecule has 0 N–H and O–H groups in total. The Labute approximate surface area is 213 Å². The van der Waals surface area contributed by atoms with Crippen LogP contribution in [0.1, 0.15) is 70.9 Å². The molecule has 9 nitrogen and oxygen atoms in total. The second-order valence-corrected chi connectivity index (χ2v) is 10.2. The van der Waals surface area contributed by atoms with Crippen molar-refractivity contribution in [2.24, 2.45) is 13.0 Å². The Morgan fingerprint density at radius 3 is 2.58 bits per heavy atom. The molecule has 4 rings (SSSR count). The minimum Gasteiger partial charge on any atom is -0.489 e. The van der Waals surface area contributed by atoms with E-state index in [1.165, 1.54) is 0 Å². The normalized spacial score (nSPS) is 20.4. The molecule has 2 atom stereocenters. The fourth-order valence-corrected chi connectivity index (χ4v) is 5.09. The van der Waals surface area contributed by atoms with Crippen LogP contribution in [0.4, 0.5) is 4.79 Å². The van der Waals surface area contributed by atoms with Gasteiger partial charge in [0.15, 0.2) is 0 Å². The van der Waals surface area contributed by atoms with E-state index in [1.807, 2.05) is 44.6 Å². The predicted molar refractivity (Wildman–Crippen MR) is 134 cm³/mol. The van der Waals surface area contributed by atoms with Crippen molar-refractivity contribution in [3.8, 4) is 17.1 Å². The zero-order valence-corrected chi connectivity index (χ0v) is 21.8. The smallest absolute Gasteiger partial charge is 0.410 e. The quantitative estimate of drug-likeness (QED) is 0.479. The number of imidazole rings is 1. The van der Waals surface area contributed by atoms with Crippen molar-refractivity contribution in [3.63, 3.8) is 0 Å². The highest BCUT2D eigenvalue weighted by Crippen LogP contribution is 2.30. The molecule has 9 heteroatoms. The van der Waals surface area contributed by atoms with E-state index in [0.717, 1.165) is 50.6 Å². The van der Waals surface area contributed by atoms with E-state index in [1.54, 1.807) is 17.4 Å². The van der Waals surface area contributed by atoms with Crippen molar-refractivity contribution in [1.82, 2.24) is 19.4 Å². The van der Waals surface area contributed by atoms with Gasteiger partial charge < -0.3 is 23.7 Å². The van der Waals surface area contributed by atoms with Gasteiger partial charge in [-0.25, -0.2) is 9.78 Å². The highest BCUT2D eigenvalue weighted by molar-refractivity contribution is 5.72. The molecule has 36 heavy (non-hydrogen) atoms. The van der Waals surface area contributed by atoms with Crippen LogP contribution in [0.15, 0.2) is 24.7 Å². The number of nitrogens with zero attached hydrogens (tertiary/aromatic N) is 4. The number of ether oxygens (including phenoxy) is 3. The van der Waals surface area contributed by atoms with Gasteiger partial charge in [-0.15, -0.1) is 0 Å². The number of hydrogen-bond acceptors (Lipinski definition) is 7. The van der Waals surface area contributed by atoms with Crippen LogP contribution in [0.3, 0.4) is 0 Å². The Kier molecular flexibility index (Phi) is 8.48. The number of esters is 1. The van der Waals surface area contributed by atoms with E-state index in [9.17, 15) is 9.59 Å². The molecular weight excluding hydrogens is 460 g/mol. The number of hydrogen-bond donors (Lipinski definition) is 0. The first-order valence-corrected chi connectivity index (χ1v) is 13.0. The maximum absolute atomic E-state index is 12.5. The number of carbonyl (C=O) groups excluding carboxylic acids is 2. The van der Waals surface area contributed by atoms with Crippen LogP contribution in [0.2, 0.25) is 0 Å². The molecule has 0 bridgehead atoms. The zero-order valence-electron chi connectivity index (χ0n) is 21.8. The van der Waals surface area contributed by atoms with Gasteiger partial charge in [-0.3, -0.25) is 9.78 Å². The van der Waals surface area contributed by atoms with Gasteiger partial charge in [0, 0.05) is 20.1 Å². The van der Waals surface area contributed by atoms with Gasteiger partial charge in [0.2, 0.25) is 0 Å². The number of pyridine rings is 1. The summed E-state index contributed by atoms with van der Waals surface area (Å²) >= 11 is 0. The van der Waals surface area contributed by atoms with Crippen LogP contribution in [-0.4, -0.2) is 56.8 Å². The van der Waals surface area contributed by atoms with Gasteiger partial charge in [0.05, 0.1) is 42.0 Å². The largest absolute Gasteiger partial charge is 0.489 e. The summed E-state index contributed by atoms with van der Waals surface area (Å²) in [5.41, 5.74) is 2.14. The first-order chi connectivity index (χ1) is 17.3. The van der Waals surface area contributed by atoms with Crippen LogP contribution < -0.4 is 4.74 Å². The lowest BCUT2D eigenvalue weighted by atomic mass is 9.87. The first kappa shape index (κ1) is 26.0. The SMILES string of the molecule is CC(C)OC(=O)[C@H]1CCC[C@H](Oc2ccc(-c3ncn(C)c3COC(=O)N(C)C3CCCC3)nc2)C1. The number of aromatic nitrogens is 3. The average Bonchev–Trinajstić information content (AvgIpc) is 3.52. The molecule has 2 aromatic heterocycles. The number of carbonyl (C=O) groups is 2. The summed E-state index contributed by atoms with van der Waals surface area (Å²) in [5, 5.41) is 0. The molecule has 0 aromatic carbocycles. The third-order valence-corrected chi connectivity index (χ3v) is 7.14. The Morgan fingerprint density at radius 2 is 1.89 bits per heavy atom. The minimum atomic E-state index is -0.311. The standard InChI is InChI=1S/C27H38N4O5/c1-18(2)35-26(32)19-8-7-11-21(14-19)36-22-12-13-23(28-15-22)25-24(30(3)17-29-25)16-34-27(33)31(4)20-9-5-6-10-20/h12-13,15,17-21H,5-11,14,16H2,1-4H3/t19-,21-/m0/s1. The third kappa shape index (κ3) is 6.36. The van der Waals surface area contributed by atoms with E-state index in [-0.39, 0.29) is 42.8 Å². The van der Waals surface area contributed by atoms with Crippen LogP contribution in [-0.2, 0) is 27.9 Å². The van der Waals surface area contributed by atoms with Gasteiger partial charge in [-0.05, 0) is 64.5 Å². The van der Waals surface area contributed by atoms with Gasteiger partial charge in [0.25, 0.3) is 0 Å². The molecule has 2 aliphatic rings. The first-order valence-electron chi connectivity index (χ1n) is 13.0. The van der Waals surface area contributed by atoms with Gasteiger partial charge in [0.1, 0.15) is 18.1 Å². The predicted octanol–water partition coefficient (Wildman–Crippen LogP) is 4.88. The van der Waals surface area contributed by atoms with Crippen LogP contribution in [0.5, 0.6) is 5.75 Å². The molecule has 0 unspecified atom stereocenters. The van der Waals surface area contributed by atoms with E-state index in [0.29, 0.717) is 23.6 Å². The molecule has 0 aliphatic heterocycles.